The van der Waals surface area contributed by atoms with Gasteiger partial charge in [-0.05, 0) is 11.6 Å². The summed E-state index contributed by atoms with van der Waals surface area (Å²) in [5, 5.41) is 0.641. The Balaban J connectivity index is 3.14. The van der Waals surface area contributed by atoms with E-state index in [1.165, 1.54) is 0 Å². The van der Waals surface area contributed by atoms with Gasteiger partial charge in [-0.2, -0.15) is 0 Å². The summed E-state index contributed by atoms with van der Waals surface area (Å²) in [6, 6.07) is 5.69. The number of rotatable bonds is 3. The van der Waals surface area contributed by atoms with Crippen molar-refractivity contribution in [3.8, 4) is 5.75 Å². The standard InChI is InChI=1S/C11H12ClO/c1-4-8(2)9-6-5-7-10(13-3)11(9)12/h4-7H,1H2,2-3H3. The lowest BCUT2D eigenvalue weighted by atomic mass is 10.0. The Bertz CT molecular complexity index is 307. The van der Waals surface area contributed by atoms with E-state index in [4.69, 9.17) is 16.3 Å². The first-order chi connectivity index (χ1) is 6.20. The zero-order valence-electron chi connectivity index (χ0n) is 7.80. The van der Waals surface area contributed by atoms with Crippen LogP contribution in [0.2, 0.25) is 5.02 Å². The van der Waals surface area contributed by atoms with Crippen LogP contribution >= 0.6 is 11.6 Å². The van der Waals surface area contributed by atoms with Crippen molar-refractivity contribution >= 4 is 11.6 Å². The van der Waals surface area contributed by atoms with Crippen LogP contribution in [0.15, 0.2) is 30.9 Å². The minimum atomic E-state index is 0.641. The van der Waals surface area contributed by atoms with Crippen LogP contribution in [0.3, 0.4) is 0 Å². The van der Waals surface area contributed by atoms with E-state index < -0.39 is 0 Å². The molecule has 0 aromatic heterocycles. The maximum Gasteiger partial charge on any atom is 0.137 e. The number of methoxy groups -OCH3 is 1. The fraction of sp³-hybridized carbons (Fsp3) is 0.182. The lowest BCUT2D eigenvalue weighted by Crippen LogP contribution is -1.93. The highest BCUT2D eigenvalue weighted by Crippen LogP contribution is 2.32. The third-order valence-corrected chi connectivity index (χ3v) is 2.30. The average molecular weight is 196 g/mol. The molecule has 69 valence electrons. The first-order valence-electron chi connectivity index (χ1n) is 3.99. The molecular weight excluding hydrogens is 184 g/mol. The van der Waals surface area contributed by atoms with Gasteiger partial charge in [-0.3, -0.25) is 0 Å². The second kappa shape index (κ2) is 4.33. The Morgan fingerprint density at radius 1 is 1.54 bits per heavy atom. The molecule has 0 unspecified atom stereocenters. The number of hydrogen-bond donors (Lipinski definition) is 0. The molecule has 0 atom stereocenters. The second-order valence-corrected chi connectivity index (χ2v) is 3.09. The van der Waals surface area contributed by atoms with E-state index in [-0.39, 0.29) is 0 Å². The molecule has 1 rings (SSSR count). The predicted molar refractivity (Wildman–Crippen MR) is 56.2 cm³/mol. The maximum absolute atomic E-state index is 6.09. The first-order valence-corrected chi connectivity index (χ1v) is 4.37. The molecule has 0 saturated carbocycles. The Kier molecular flexibility index (Phi) is 3.38. The van der Waals surface area contributed by atoms with Gasteiger partial charge in [0.05, 0.1) is 12.1 Å². The second-order valence-electron chi connectivity index (χ2n) is 2.71. The van der Waals surface area contributed by atoms with Gasteiger partial charge in [0.25, 0.3) is 0 Å². The number of benzene rings is 1. The van der Waals surface area contributed by atoms with Gasteiger partial charge in [-0.1, -0.05) is 36.7 Å². The monoisotopic (exact) mass is 195 g/mol. The molecule has 0 bridgehead atoms. The minimum Gasteiger partial charge on any atom is -0.495 e. The van der Waals surface area contributed by atoms with E-state index in [1.807, 2.05) is 25.1 Å². The molecule has 2 heteroatoms. The van der Waals surface area contributed by atoms with Crippen LogP contribution in [0, 0.1) is 5.92 Å². The van der Waals surface area contributed by atoms with Gasteiger partial charge in [0.2, 0.25) is 0 Å². The van der Waals surface area contributed by atoms with Crippen LogP contribution in [0.4, 0.5) is 0 Å². The van der Waals surface area contributed by atoms with Crippen molar-refractivity contribution in [2.75, 3.05) is 7.11 Å². The molecule has 0 aliphatic rings. The summed E-state index contributed by atoms with van der Waals surface area (Å²) >= 11 is 6.09. The summed E-state index contributed by atoms with van der Waals surface area (Å²) in [6.45, 7) is 5.66. The van der Waals surface area contributed by atoms with Crippen molar-refractivity contribution in [2.24, 2.45) is 0 Å². The third kappa shape index (κ3) is 2.04. The van der Waals surface area contributed by atoms with E-state index in [9.17, 15) is 0 Å². The van der Waals surface area contributed by atoms with Crippen molar-refractivity contribution < 1.29 is 4.74 Å². The van der Waals surface area contributed by atoms with Gasteiger partial charge >= 0.3 is 0 Å². The van der Waals surface area contributed by atoms with Crippen LogP contribution < -0.4 is 4.74 Å². The van der Waals surface area contributed by atoms with Gasteiger partial charge in [-0.25, -0.2) is 0 Å². The molecule has 0 heterocycles. The Hall–Kier alpha value is -0.950. The van der Waals surface area contributed by atoms with Gasteiger partial charge in [0.1, 0.15) is 5.75 Å². The van der Waals surface area contributed by atoms with Gasteiger partial charge in [-0.15, -0.1) is 6.58 Å². The molecule has 0 fully saturated rings. The highest BCUT2D eigenvalue weighted by Gasteiger charge is 2.10. The highest BCUT2D eigenvalue weighted by molar-refractivity contribution is 6.33. The van der Waals surface area contributed by atoms with Crippen molar-refractivity contribution in [1.82, 2.24) is 0 Å². The number of hydrogen-bond acceptors (Lipinski definition) is 1. The molecule has 13 heavy (non-hydrogen) atoms. The summed E-state index contributed by atoms with van der Waals surface area (Å²) in [4.78, 5) is 0. The Morgan fingerprint density at radius 3 is 2.77 bits per heavy atom. The smallest absolute Gasteiger partial charge is 0.137 e. The van der Waals surface area contributed by atoms with Gasteiger partial charge in [0.15, 0.2) is 0 Å². The molecule has 0 N–H and O–H groups in total. The van der Waals surface area contributed by atoms with Crippen molar-refractivity contribution in [1.29, 1.82) is 0 Å². The predicted octanol–water partition coefficient (Wildman–Crippen LogP) is 3.48. The lowest BCUT2D eigenvalue weighted by molar-refractivity contribution is 0.414. The summed E-state index contributed by atoms with van der Waals surface area (Å²) in [5.41, 5.74) is 0.969. The Labute approximate surface area is 84.0 Å². The van der Waals surface area contributed by atoms with Crippen LogP contribution in [0.1, 0.15) is 12.5 Å². The Morgan fingerprint density at radius 2 is 2.23 bits per heavy atom. The van der Waals surface area contributed by atoms with Crippen LogP contribution in [0.25, 0.3) is 0 Å². The zero-order chi connectivity index (χ0) is 9.84. The van der Waals surface area contributed by atoms with Crippen LogP contribution in [-0.2, 0) is 0 Å². The fourth-order valence-electron chi connectivity index (χ4n) is 1.08. The molecule has 0 aliphatic carbocycles. The third-order valence-electron chi connectivity index (χ3n) is 1.91. The normalized spacial score (nSPS) is 10.2. The fourth-order valence-corrected chi connectivity index (χ4v) is 1.44. The summed E-state index contributed by atoms with van der Waals surface area (Å²) < 4.78 is 5.10. The average Bonchev–Trinajstić information content (AvgIpc) is 2.17. The van der Waals surface area contributed by atoms with E-state index in [2.05, 4.69) is 6.58 Å². The number of ether oxygens (including phenoxy) is 1. The SMILES string of the molecule is C=C[C](C)c1cccc(OC)c1Cl. The van der Waals surface area contributed by atoms with E-state index in [0.29, 0.717) is 10.8 Å². The molecule has 0 spiro atoms. The summed E-state index contributed by atoms with van der Waals surface area (Å²) in [6.07, 6.45) is 1.78. The van der Waals surface area contributed by atoms with Gasteiger partial charge < -0.3 is 4.74 Å². The first kappa shape index (κ1) is 10.1. The topological polar surface area (TPSA) is 9.23 Å². The van der Waals surface area contributed by atoms with Crippen molar-refractivity contribution in [3.63, 3.8) is 0 Å². The molecule has 1 aromatic carbocycles. The summed E-state index contributed by atoms with van der Waals surface area (Å²) in [7, 11) is 1.61. The van der Waals surface area contributed by atoms with Crippen molar-refractivity contribution in [3.05, 3.63) is 47.4 Å². The highest BCUT2D eigenvalue weighted by atomic mass is 35.5. The molecule has 0 saturated heterocycles. The lowest BCUT2D eigenvalue weighted by Gasteiger charge is -2.10. The maximum atomic E-state index is 6.09. The molecule has 1 nitrogen and oxygen atoms in total. The molecular formula is C11H12ClO. The number of allylic oxidation sites excluding steroid dienone is 1. The molecule has 1 radical (unpaired) electrons. The minimum absolute atomic E-state index is 0.641. The number of halogens is 1. The van der Waals surface area contributed by atoms with Gasteiger partial charge in [0, 0.05) is 5.92 Å². The van der Waals surface area contributed by atoms with Crippen LogP contribution in [0.5, 0.6) is 5.75 Å². The summed E-state index contributed by atoms with van der Waals surface area (Å²) in [5.74, 6) is 1.74. The van der Waals surface area contributed by atoms with E-state index in [0.717, 1.165) is 11.5 Å². The van der Waals surface area contributed by atoms with E-state index >= 15 is 0 Å². The quantitative estimate of drug-likeness (QED) is 0.718. The van der Waals surface area contributed by atoms with E-state index in [1.54, 1.807) is 13.2 Å². The molecule has 0 aliphatic heterocycles. The largest absolute Gasteiger partial charge is 0.495 e. The van der Waals surface area contributed by atoms with Crippen molar-refractivity contribution in [2.45, 2.75) is 6.92 Å². The molecule has 0 amide bonds. The molecule has 1 aromatic rings. The zero-order valence-corrected chi connectivity index (χ0v) is 8.56. The van der Waals surface area contributed by atoms with Crippen LogP contribution in [-0.4, -0.2) is 7.11 Å².